The smallest absolute Gasteiger partial charge is 0.260 e. The third-order valence-electron chi connectivity index (χ3n) is 4.50. The van der Waals surface area contributed by atoms with E-state index < -0.39 is 15.7 Å². The summed E-state index contributed by atoms with van der Waals surface area (Å²) in [6.07, 6.45) is -0.195. The van der Waals surface area contributed by atoms with Gasteiger partial charge in [0, 0.05) is 17.4 Å². The fraction of sp³-hybridized carbons (Fsp3) is 0.286. The molecule has 2 aromatic carbocycles. The molecule has 0 unspecified atom stereocenters. The monoisotopic (exact) mass is 447 g/mol. The molecule has 0 radical (unpaired) electrons. The number of carbonyl (C=O) groups excluding carboxylic acids is 1. The highest BCUT2D eigenvalue weighted by Gasteiger charge is 2.20. The summed E-state index contributed by atoms with van der Waals surface area (Å²) in [7, 11) is -3.60. The molecule has 1 heterocycles. The molecule has 0 fully saturated rings. The average Bonchev–Trinajstić information content (AvgIpc) is 3.19. The van der Waals surface area contributed by atoms with Gasteiger partial charge in [0.1, 0.15) is 0 Å². The van der Waals surface area contributed by atoms with E-state index in [4.69, 9.17) is 16.1 Å². The first-order valence-electron chi connectivity index (χ1n) is 9.39. The van der Waals surface area contributed by atoms with E-state index in [0.29, 0.717) is 28.0 Å². The molecule has 3 rings (SSSR count). The lowest BCUT2D eigenvalue weighted by molar-refractivity contribution is -0.115. The first-order valence-corrected chi connectivity index (χ1v) is 11.4. The van der Waals surface area contributed by atoms with Crippen LogP contribution in [0.2, 0.25) is 5.02 Å². The lowest BCUT2D eigenvalue weighted by Crippen LogP contribution is -2.18. The van der Waals surface area contributed by atoms with E-state index in [1.165, 1.54) is 24.3 Å². The molecule has 30 heavy (non-hydrogen) atoms. The third-order valence-corrected chi connectivity index (χ3v) is 6.48. The standard InChI is InChI=1S/C21H22ClN3O4S/c1-13(2)20-24-21(29-25-20)17-6-4-5-14(3)19(17)23-18(26)11-12-30(27,28)16-9-7-15(22)8-10-16/h4-10,13H,11-12H2,1-3H3,(H,23,26). The van der Waals surface area contributed by atoms with Gasteiger partial charge >= 0.3 is 0 Å². The van der Waals surface area contributed by atoms with Gasteiger partial charge in [-0.15, -0.1) is 0 Å². The molecule has 1 amide bonds. The largest absolute Gasteiger partial charge is 0.334 e. The summed E-state index contributed by atoms with van der Waals surface area (Å²) < 4.78 is 30.3. The minimum atomic E-state index is -3.60. The van der Waals surface area contributed by atoms with Crippen LogP contribution in [-0.2, 0) is 14.6 Å². The van der Waals surface area contributed by atoms with Crippen LogP contribution < -0.4 is 5.32 Å². The SMILES string of the molecule is Cc1cccc(-c2nc(C(C)C)no2)c1NC(=O)CCS(=O)(=O)c1ccc(Cl)cc1. The number of nitrogens with zero attached hydrogens (tertiary/aromatic N) is 2. The van der Waals surface area contributed by atoms with Gasteiger partial charge in [-0.2, -0.15) is 4.98 Å². The predicted molar refractivity (Wildman–Crippen MR) is 115 cm³/mol. The van der Waals surface area contributed by atoms with Gasteiger partial charge in [0.15, 0.2) is 15.7 Å². The summed E-state index contributed by atoms with van der Waals surface area (Å²) in [6.45, 7) is 5.74. The Kier molecular flexibility index (Phi) is 6.58. The molecule has 0 atom stereocenters. The molecule has 7 nitrogen and oxygen atoms in total. The normalized spacial score (nSPS) is 11.6. The van der Waals surface area contributed by atoms with Gasteiger partial charge in [0.2, 0.25) is 5.91 Å². The second-order valence-electron chi connectivity index (χ2n) is 7.18. The zero-order valence-corrected chi connectivity index (χ0v) is 18.4. The number of carbonyl (C=O) groups is 1. The zero-order chi connectivity index (χ0) is 21.9. The summed E-state index contributed by atoms with van der Waals surface area (Å²) in [5.41, 5.74) is 1.90. The van der Waals surface area contributed by atoms with Gasteiger partial charge in [-0.25, -0.2) is 8.42 Å². The van der Waals surface area contributed by atoms with Crippen LogP contribution in [0.4, 0.5) is 5.69 Å². The zero-order valence-electron chi connectivity index (χ0n) is 16.8. The molecule has 1 N–H and O–H groups in total. The van der Waals surface area contributed by atoms with Crippen molar-refractivity contribution in [2.24, 2.45) is 0 Å². The summed E-state index contributed by atoms with van der Waals surface area (Å²) in [6, 6.07) is 11.3. The van der Waals surface area contributed by atoms with Crippen molar-refractivity contribution in [3.8, 4) is 11.5 Å². The summed E-state index contributed by atoms with van der Waals surface area (Å²) in [4.78, 5) is 17.0. The molecule has 0 spiro atoms. The fourth-order valence-corrected chi connectivity index (χ4v) is 4.15. The van der Waals surface area contributed by atoms with Crippen molar-refractivity contribution in [3.63, 3.8) is 0 Å². The van der Waals surface area contributed by atoms with Crippen molar-refractivity contribution in [3.05, 3.63) is 58.9 Å². The molecule has 0 aliphatic carbocycles. The molecule has 0 aliphatic heterocycles. The Hall–Kier alpha value is -2.71. The van der Waals surface area contributed by atoms with E-state index in [1.807, 2.05) is 32.9 Å². The number of para-hydroxylation sites is 1. The molecule has 158 valence electrons. The highest BCUT2D eigenvalue weighted by Crippen LogP contribution is 2.30. The maximum atomic E-state index is 12.5. The minimum Gasteiger partial charge on any atom is -0.334 e. The number of hydrogen-bond donors (Lipinski definition) is 1. The van der Waals surface area contributed by atoms with E-state index >= 15 is 0 Å². The molecular formula is C21H22ClN3O4S. The van der Waals surface area contributed by atoms with Crippen LogP contribution in [-0.4, -0.2) is 30.2 Å². The Morgan fingerprint density at radius 1 is 1.17 bits per heavy atom. The number of sulfone groups is 1. The van der Waals surface area contributed by atoms with Crippen molar-refractivity contribution in [2.45, 2.75) is 38.0 Å². The lowest BCUT2D eigenvalue weighted by atomic mass is 10.1. The van der Waals surface area contributed by atoms with Crippen LogP contribution in [0.15, 0.2) is 51.9 Å². The highest BCUT2D eigenvalue weighted by atomic mass is 35.5. The van der Waals surface area contributed by atoms with Crippen LogP contribution in [0.3, 0.4) is 0 Å². The number of rotatable bonds is 7. The van der Waals surface area contributed by atoms with Crippen LogP contribution >= 0.6 is 11.6 Å². The van der Waals surface area contributed by atoms with Crippen LogP contribution in [0.25, 0.3) is 11.5 Å². The number of halogens is 1. The number of aryl methyl sites for hydroxylation is 1. The van der Waals surface area contributed by atoms with Crippen molar-refractivity contribution >= 4 is 33.0 Å². The van der Waals surface area contributed by atoms with Crippen LogP contribution in [0.1, 0.15) is 37.6 Å². The maximum absolute atomic E-state index is 12.5. The Balaban J connectivity index is 1.76. The third kappa shape index (κ3) is 5.06. The van der Waals surface area contributed by atoms with Gasteiger partial charge in [0.05, 0.1) is 21.9 Å². The first kappa shape index (κ1) is 22.0. The average molecular weight is 448 g/mol. The van der Waals surface area contributed by atoms with E-state index in [2.05, 4.69) is 15.5 Å². The topological polar surface area (TPSA) is 102 Å². The summed E-state index contributed by atoms with van der Waals surface area (Å²) in [5.74, 6) is 0.221. The van der Waals surface area contributed by atoms with Gasteiger partial charge in [-0.3, -0.25) is 4.79 Å². The van der Waals surface area contributed by atoms with Crippen molar-refractivity contribution in [1.29, 1.82) is 0 Å². The molecule has 1 aromatic heterocycles. The Morgan fingerprint density at radius 3 is 2.50 bits per heavy atom. The van der Waals surface area contributed by atoms with Crippen LogP contribution in [0, 0.1) is 6.92 Å². The van der Waals surface area contributed by atoms with Crippen molar-refractivity contribution in [2.75, 3.05) is 11.1 Å². The molecule has 0 saturated carbocycles. The number of anilines is 1. The molecule has 0 saturated heterocycles. The summed E-state index contributed by atoms with van der Waals surface area (Å²) >= 11 is 5.80. The maximum Gasteiger partial charge on any atom is 0.260 e. The van der Waals surface area contributed by atoms with Gasteiger partial charge in [-0.05, 0) is 42.8 Å². The quantitative estimate of drug-likeness (QED) is 0.566. The molecular weight excluding hydrogens is 426 g/mol. The van der Waals surface area contributed by atoms with Gasteiger partial charge in [-0.1, -0.05) is 42.7 Å². The second kappa shape index (κ2) is 8.97. The molecule has 9 heteroatoms. The second-order valence-corrected chi connectivity index (χ2v) is 9.73. The number of amides is 1. The van der Waals surface area contributed by atoms with E-state index in [1.54, 1.807) is 6.07 Å². The Labute approximate surface area is 180 Å². The number of nitrogens with one attached hydrogen (secondary N) is 1. The summed E-state index contributed by atoms with van der Waals surface area (Å²) in [5, 5.41) is 7.20. The molecule has 0 bridgehead atoms. The van der Waals surface area contributed by atoms with E-state index in [-0.39, 0.29) is 23.0 Å². The van der Waals surface area contributed by atoms with Crippen molar-refractivity contribution in [1.82, 2.24) is 10.1 Å². The number of benzene rings is 2. The Morgan fingerprint density at radius 2 is 1.87 bits per heavy atom. The molecule has 3 aromatic rings. The number of aromatic nitrogens is 2. The van der Waals surface area contributed by atoms with Crippen molar-refractivity contribution < 1.29 is 17.7 Å². The van der Waals surface area contributed by atoms with E-state index in [0.717, 1.165) is 5.56 Å². The van der Waals surface area contributed by atoms with Gasteiger partial charge in [0.25, 0.3) is 5.89 Å². The van der Waals surface area contributed by atoms with Crippen LogP contribution in [0.5, 0.6) is 0 Å². The fourth-order valence-electron chi connectivity index (χ4n) is 2.78. The first-order chi connectivity index (χ1) is 14.2. The Bertz CT molecular complexity index is 1160. The lowest BCUT2D eigenvalue weighted by Gasteiger charge is -2.12. The number of hydrogen-bond acceptors (Lipinski definition) is 6. The van der Waals surface area contributed by atoms with E-state index in [9.17, 15) is 13.2 Å². The predicted octanol–water partition coefficient (Wildman–Crippen LogP) is 4.62. The minimum absolute atomic E-state index is 0.100. The molecule has 0 aliphatic rings. The highest BCUT2D eigenvalue weighted by molar-refractivity contribution is 7.91. The van der Waals surface area contributed by atoms with Gasteiger partial charge < -0.3 is 9.84 Å².